The molecule has 0 fully saturated rings. The third kappa shape index (κ3) is 3.93. The predicted octanol–water partition coefficient (Wildman–Crippen LogP) is 4.64. The summed E-state index contributed by atoms with van der Waals surface area (Å²) in [5.74, 6) is 5.23. The van der Waals surface area contributed by atoms with Crippen molar-refractivity contribution in [2.24, 2.45) is 5.84 Å². The number of halogens is 4. The van der Waals surface area contributed by atoms with Crippen LogP contribution in [0.3, 0.4) is 0 Å². The van der Waals surface area contributed by atoms with Crippen LogP contribution in [0, 0.1) is 5.82 Å². The number of hydrogen-bond acceptors (Lipinski definition) is 2. The van der Waals surface area contributed by atoms with Gasteiger partial charge in [-0.15, -0.1) is 0 Å². The van der Waals surface area contributed by atoms with Gasteiger partial charge in [0.1, 0.15) is 5.82 Å². The van der Waals surface area contributed by atoms with Gasteiger partial charge in [-0.2, -0.15) is 0 Å². The standard InChI is InChI=1S/C14H12BrCl2FN2/c15-10-3-9(4-12(17)6-10)14(20-19)5-8-1-2-11(16)7-13(8)18/h1-4,6-7,14,20H,5,19H2. The summed E-state index contributed by atoms with van der Waals surface area (Å²) < 4.78 is 14.7. The molecule has 20 heavy (non-hydrogen) atoms. The van der Waals surface area contributed by atoms with E-state index in [1.165, 1.54) is 6.07 Å². The molecule has 0 spiro atoms. The molecule has 0 radical (unpaired) electrons. The van der Waals surface area contributed by atoms with E-state index in [-0.39, 0.29) is 11.9 Å². The molecule has 2 aromatic rings. The first kappa shape index (κ1) is 15.7. The number of rotatable bonds is 4. The molecule has 0 aliphatic carbocycles. The van der Waals surface area contributed by atoms with Crippen molar-refractivity contribution in [1.29, 1.82) is 0 Å². The Bertz CT molecular complexity index is 602. The summed E-state index contributed by atoms with van der Waals surface area (Å²) in [6.07, 6.45) is 0.395. The van der Waals surface area contributed by atoms with Crippen molar-refractivity contribution in [2.45, 2.75) is 12.5 Å². The first-order valence-corrected chi connectivity index (χ1v) is 7.40. The monoisotopic (exact) mass is 376 g/mol. The molecule has 0 bridgehead atoms. The van der Waals surface area contributed by atoms with Gasteiger partial charge in [-0.05, 0) is 47.9 Å². The highest BCUT2D eigenvalue weighted by Gasteiger charge is 2.14. The largest absolute Gasteiger partial charge is 0.271 e. The topological polar surface area (TPSA) is 38.0 Å². The summed E-state index contributed by atoms with van der Waals surface area (Å²) in [5.41, 5.74) is 4.10. The molecular formula is C14H12BrCl2FN2. The molecule has 6 heteroatoms. The second kappa shape index (κ2) is 6.87. The quantitative estimate of drug-likeness (QED) is 0.601. The van der Waals surface area contributed by atoms with Crippen LogP contribution in [0.4, 0.5) is 4.39 Å². The van der Waals surface area contributed by atoms with E-state index in [2.05, 4.69) is 21.4 Å². The lowest BCUT2D eigenvalue weighted by atomic mass is 9.99. The average molecular weight is 378 g/mol. The van der Waals surface area contributed by atoms with Crippen LogP contribution in [0.5, 0.6) is 0 Å². The summed E-state index contributed by atoms with van der Waals surface area (Å²) in [4.78, 5) is 0. The second-order valence-corrected chi connectivity index (χ2v) is 6.15. The number of hydrazine groups is 1. The van der Waals surface area contributed by atoms with E-state index in [0.717, 1.165) is 10.0 Å². The zero-order valence-electron chi connectivity index (χ0n) is 10.3. The highest BCUT2D eigenvalue weighted by molar-refractivity contribution is 9.10. The summed E-state index contributed by atoms with van der Waals surface area (Å²) in [5, 5.41) is 0.959. The first-order chi connectivity index (χ1) is 9.49. The Balaban J connectivity index is 2.28. The highest BCUT2D eigenvalue weighted by atomic mass is 79.9. The third-order valence-corrected chi connectivity index (χ3v) is 3.84. The Hall–Kier alpha value is -0.650. The minimum Gasteiger partial charge on any atom is -0.271 e. The molecule has 0 aliphatic heterocycles. The van der Waals surface area contributed by atoms with Gasteiger partial charge in [-0.25, -0.2) is 4.39 Å². The Morgan fingerprint density at radius 3 is 2.50 bits per heavy atom. The van der Waals surface area contributed by atoms with Gasteiger partial charge in [0.05, 0.1) is 6.04 Å². The van der Waals surface area contributed by atoms with Crippen LogP contribution >= 0.6 is 39.1 Å². The Kier molecular flexibility index (Phi) is 5.41. The van der Waals surface area contributed by atoms with Crippen molar-refractivity contribution < 1.29 is 4.39 Å². The van der Waals surface area contributed by atoms with E-state index in [1.54, 1.807) is 24.3 Å². The third-order valence-electron chi connectivity index (χ3n) is 2.93. The molecule has 3 N–H and O–H groups in total. The molecule has 2 aromatic carbocycles. The molecule has 2 nitrogen and oxygen atoms in total. The van der Waals surface area contributed by atoms with Crippen LogP contribution < -0.4 is 11.3 Å². The summed E-state index contributed by atoms with van der Waals surface area (Å²) in [6.45, 7) is 0. The second-order valence-electron chi connectivity index (χ2n) is 4.36. The maximum atomic E-state index is 13.8. The Morgan fingerprint density at radius 1 is 1.15 bits per heavy atom. The number of nitrogens with one attached hydrogen (secondary N) is 1. The van der Waals surface area contributed by atoms with Gasteiger partial charge in [0.2, 0.25) is 0 Å². The van der Waals surface area contributed by atoms with Crippen LogP contribution in [-0.2, 0) is 6.42 Å². The number of nitrogens with two attached hydrogens (primary N) is 1. The van der Waals surface area contributed by atoms with Crippen molar-refractivity contribution >= 4 is 39.1 Å². The van der Waals surface area contributed by atoms with Crippen molar-refractivity contribution in [3.63, 3.8) is 0 Å². The molecule has 1 unspecified atom stereocenters. The molecule has 0 saturated heterocycles. The minimum absolute atomic E-state index is 0.249. The molecule has 0 aliphatic rings. The Labute approximate surface area is 135 Å². The molecule has 106 valence electrons. The maximum absolute atomic E-state index is 13.8. The van der Waals surface area contributed by atoms with Crippen molar-refractivity contribution in [2.75, 3.05) is 0 Å². The van der Waals surface area contributed by atoms with Gasteiger partial charge in [0, 0.05) is 14.5 Å². The van der Waals surface area contributed by atoms with Crippen LogP contribution in [-0.4, -0.2) is 0 Å². The fraction of sp³-hybridized carbons (Fsp3) is 0.143. The van der Waals surface area contributed by atoms with Gasteiger partial charge >= 0.3 is 0 Å². The fourth-order valence-corrected chi connectivity index (χ4v) is 3.00. The van der Waals surface area contributed by atoms with Crippen molar-refractivity contribution in [3.05, 3.63) is 67.9 Å². The molecular weight excluding hydrogens is 366 g/mol. The summed E-state index contributed by atoms with van der Waals surface area (Å²) in [6, 6.07) is 9.82. The van der Waals surface area contributed by atoms with E-state index < -0.39 is 0 Å². The van der Waals surface area contributed by atoms with Crippen LogP contribution in [0.1, 0.15) is 17.2 Å². The number of hydrogen-bond donors (Lipinski definition) is 2. The summed E-state index contributed by atoms with van der Waals surface area (Å²) >= 11 is 15.1. The SMILES string of the molecule is NNC(Cc1ccc(Cl)cc1F)c1cc(Cl)cc(Br)c1. The lowest BCUT2D eigenvalue weighted by molar-refractivity contribution is 0.529. The normalized spacial score (nSPS) is 12.4. The lowest BCUT2D eigenvalue weighted by Gasteiger charge is -2.17. The van der Waals surface area contributed by atoms with Gasteiger partial charge in [-0.1, -0.05) is 45.2 Å². The molecule has 0 saturated carbocycles. The molecule has 0 heterocycles. The van der Waals surface area contributed by atoms with Gasteiger partial charge < -0.3 is 0 Å². The average Bonchev–Trinajstić information content (AvgIpc) is 2.36. The minimum atomic E-state index is -0.348. The Morgan fingerprint density at radius 2 is 1.90 bits per heavy atom. The van der Waals surface area contributed by atoms with E-state index in [4.69, 9.17) is 29.0 Å². The predicted molar refractivity (Wildman–Crippen MR) is 84.3 cm³/mol. The lowest BCUT2D eigenvalue weighted by Crippen LogP contribution is -2.29. The van der Waals surface area contributed by atoms with Crippen molar-refractivity contribution in [3.8, 4) is 0 Å². The summed E-state index contributed by atoms with van der Waals surface area (Å²) in [7, 11) is 0. The van der Waals surface area contributed by atoms with Crippen LogP contribution in [0.25, 0.3) is 0 Å². The van der Waals surface area contributed by atoms with Gasteiger partial charge in [0.15, 0.2) is 0 Å². The van der Waals surface area contributed by atoms with Crippen LogP contribution in [0.15, 0.2) is 40.9 Å². The first-order valence-electron chi connectivity index (χ1n) is 5.85. The van der Waals surface area contributed by atoms with Gasteiger partial charge in [0.25, 0.3) is 0 Å². The zero-order chi connectivity index (χ0) is 14.7. The molecule has 0 amide bonds. The number of benzene rings is 2. The molecule has 1 atom stereocenters. The molecule has 2 rings (SSSR count). The van der Waals surface area contributed by atoms with E-state index in [1.807, 2.05) is 6.07 Å². The smallest absolute Gasteiger partial charge is 0.127 e. The fourth-order valence-electron chi connectivity index (χ4n) is 1.96. The highest BCUT2D eigenvalue weighted by Crippen LogP contribution is 2.27. The molecule has 0 aromatic heterocycles. The van der Waals surface area contributed by atoms with E-state index in [0.29, 0.717) is 22.0 Å². The van der Waals surface area contributed by atoms with E-state index in [9.17, 15) is 4.39 Å². The van der Waals surface area contributed by atoms with Crippen LogP contribution in [0.2, 0.25) is 10.0 Å². The zero-order valence-corrected chi connectivity index (χ0v) is 13.4. The van der Waals surface area contributed by atoms with Gasteiger partial charge in [-0.3, -0.25) is 11.3 Å². The van der Waals surface area contributed by atoms with E-state index >= 15 is 0 Å². The van der Waals surface area contributed by atoms with Crippen molar-refractivity contribution in [1.82, 2.24) is 5.43 Å². The maximum Gasteiger partial charge on any atom is 0.127 e.